The molecular weight excluding hydrogens is 496 g/mol. The van der Waals surface area contributed by atoms with Gasteiger partial charge in [0, 0.05) is 25.9 Å². The lowest BCUT2D eigenvalue weighted by Crippen LogP contribution is -2.46. The van der Waals surface area contributed by atoms with E-state index in [1.807, 2.05) is 0 Å². The van der Waals surface area contributed by atoms with Gasteiger partial charge in [0.2, 0.25) is 11.8 Å². The van der Waals surface area contributed by atoms with Crippen molar-refractivity contribution >= 4 is 11.8 Å². The first-order valence-electron chi connectivity index (χ1n) is 17.8. The van der Waals surface area contributed by atoms with E-state index in [2.05, 4.69) is 19.2 Å². The lowest BCUT2D eigenvalue weighted by molar-refractivity contribution is -0.138. The lowest BCUT2D eigenvalue weighted by Gasteiger charge is -2.23. The summed E-state index contributed by atoms with van der Waals surface area (Å²) in [6.07, 6.45) is 32.6. The number of hydrogen-bond donors (Lipinski definition) is 2. The van der Waals surface area contributed by atoms with Gasteiger partial charge in [-0.1, -0.05) is 162 Å². The Bertz CT molecular complexity index is 597. The largest absolute Gasteiger partial charge is 0.391 e. The van der Waals surface area contributed by atoms with Crippen molar-refractivity contribution in [2.45, 2.75) is 199 Å². The maximum absolute atomic E-state index is 12.8. The van der Waals surface area contributed by atoms with Gasteiger partial charge in [-0.2, -0.15) is 0 Å². The smallest absolute Gasteiger partial charge is 0.242 e. The van der Waals surface area contributed by atoms with Crippen molar-refractivity contribution in [1.82, 2.24) is 10.2 Å². The minimum absolute atomic E-state index is 0.0316. The first kappa shape index (κ1) is 36.9. The zero-order valence-electron chi connectivity index (χ0n) is 26.9. The fourth-order valence-corrected chi connectivity index (χ4v) is 6.07. The highest BCUT2D eigenvalue weighted by Crippen LogP contribution is 2.21. The van der Waals surface area contributed by atoms with Crippen LogP contribution in [0.4, 0.5) is 0 Å². The summed E-state index contributed by atoms with van der Waals surface area (Å²) in [4.78, 5) is 27.2. The molecular formula is C35H68N2O3. The van der Waals surface area contributed by atoms with Crippen LogP contribution in [0, 0.1) is 0 Å². The maximum Gasteiger partial charge on any atom is 0.242 e. The standard InChI is InChI=1S/C35H68N2O3/c1-3-5-7-9-11-13-15-16-17-19-21-23-25-27-29-36-35(40)33-30-32(38)31-37(33)34(39)28-26-24-22-20-18-14-12-10-8-6-4-2/h32-33,38H,3-31H2,1-2H3,(H,36,40)/t32-,33+/m0/s1. The lowest BCUT2D eigenvalue weighted by atomic mass is 10.0. The Morgan fingerprint density at radius 3 is 1.40 bits per heavy atom. The fourth-order valence-electron chi connectivity index (χ4n) is 6.07. The third kappa shape index (κ3) is 19.9. The Morgan fingerprint density at radius 1 is 0.600 bits per heavy atom. The predicted octanol–water partition coefficient (Wildman–Crippen LogP) is 9.25. The van der Waals surface area contributed by atoms with Crippen LogP contribution in [-0.4, -0.2) is 47.1 Å². The third-order valence-corrected chi connectivity index (χ3v) is 8.73. The van der Waals surface area contributed by atoms with Gasteiger partial charge in [0.25, 0.3) is 0 Å². The van der Waals surface area contributed by atoms with Crippen molar-refractivity contribution in [1.29, 1.82) is 0 Å². The quantitative estimate of drug-likeness (QED) is 0.0930. The van der Waals surface area contributed by atoms with Crippen molar-refractivity contribution in [3.63, 3.8) is 0 Å². The summed E-state index contributed by atoms with van der Waals surface area (Å²) in [6.45, 7) is 5.50. The maximum atomic E-state index is 12.8. The van der Waals surface area contributed by atoms with E-state index in [0.717, 1.165) is 25.7 Å². The zero-order chi connectivity index (χ0) is 29.1. The molecule has 0 aromatic heterocycles. The van der Waals surface area contributed by atoms with E-state index >= 15 is 0 Å². The molecule has 2 N–H and O–H groups in total. The van der Waals surface area contributed by atoms with E-state index in [1.165, 1.54) is 135 Å². The Balaban J connectivity index is 2.02. The Kier molecular flexibility index (Phi) is 24.7. The highest BCUT2D eigenvalue weighted by molar-refractivity contribution is 5.88. The zero-order valence-corrected chi connectivity index (χ0v) is 26.9. The summed E-state index contributed by atoms with van der Waals surface area (Å²) < 4.78 is 0. The minimum atomic E-state index is -0.585. The van der Waals surface area contributed by atoms with Crippen molar-refractivity contribution < 1.29 is 14.7 Å². The van der Waals surface area contributed by atoms with Gasteiger partial charge in [-0.15, -0.1) is 0 Å². The second kappa shape index (κ2) is 26.8. The Hall–Kier alpha value is -1.10. The molecule has 1 rings (SSSR count). The second-order valence-electron chi connectivity index (χ2n) is 12.6. The normalized spacial score (nSPS) is 17.0. The molecule has 5 nitrogen and oxygen atoms in total. The van der Waals surface area contributed by atoms with E-state index in [-0.39, 0.29) is 11.8 Å². The summed E-state index contributed by atoms with van der Waals surface area (Å²) >= 11 is 0. The van der Waals surface area contributed by atoms with Crippen LogP contribution in [0.2, 0.25) is 0 Å². The van der Waals surface area contributed by atoms with Crippen molar-refractivity contribution in [2.24, 2.45) is 0 Å². The van der Waals surface area contributed by atoms with Gasteiger partial charge < -0.3 is 15.3 Å². The molecule has 40 heavy (non-hydrogen) atoms. The molecule has 0 unspecified atom stereocenters. The molecule has 1 aliphatic heterocycles. The topological polar surface area (TPSA) is 69.6 Å². The first-order valence-corrected chi connectivity index (χ1v) is 17.8. The van der Waals surface area contributed by atoms with Crippen LogP contribution in [0.3, 0.4) is 0 Å². The van der Waals surface area contributed by atoms with Gasteiger partial charge in [0.1, 0.15) is 6.04 Å². The number of likely N-dealkylation sites (tertiary alicyclic amines) is 1. The number of aliphatic hydroxyl groups excluding tert-OH is 1. The number of carbonyl (C=O) groups excluding carboxylic acids is 2. The Morgan fingerprint density at radius 2 is 0.975 bits per heavy atom. The van der Waals surface area contributed by atoms with Crippen LogP contribution in [0.25, 0.3) is 0 Å². The highest BCUT2D eigenvalue weighted by atomic mass is 16.3. The second-order valence-corrected chi connectivity index (χ2v) is 12.6. The molecule has 0 radical (unpaired) electrons. The number of nitrogens with zero attached hydrogens (tertiary/aromatic N) is 1. The molecule has 0 aliphatic carbocycles. The first-order chi connectivity index (χ1) is 19.6. The van der Waals surface area contributed by atoms with Crippen LogP contribution in [0.1, 0.15) is 187 Å². The molecule has 0 saturated carbocycles. The van der Waals surface area contributed by atoms with Crippen molar-refractivity contribution in [2.75, 3.05) is 13.1 Å². The SMILES string of the molecule is CCCCCCCCCCCCCCCCNC(=O)[C@H]1C[C@H](O)CN1C(=O)CCCCCCCCCCCCC. The summed E-state index contributed by atoms with van der Waals surface area (Å²) in [5, 5.41) is 13.2. The van der Waals surface area contributed by atoms with Crippen LogP contribution in [-0.2, 0) is 9.59 Å². The van der Waals surface area contributed by atoms with Gasteiger partial charge in [-0.05, 0) is 12.8 Å². The van der Waals surface area contributed by atoms with Crippen LogP contribution < -0.4 is 5.32 Å². The molecule has 2 atom stereocenters. The molecule has 2 amide bonds. The van der Waals surface area contributed by atoms with Crippen LogP contribution in [0.15, 0.2) is 0 Å². The molecule has 1 fully saturated rings. The number of rotatable bonds is 28. The van der Waals surface area contributed by atoms with Crippen LogP contribution >= 0.6 is 0 Å². The molecule has 0 bridgehead atoms. The molecule has 1 saturated heterocycles. The van der Waals surface area contributed by atoms with E-state index in [1.54, 1.807) is 4.90 Å². The molecule has 0 aromatic rings. The van der Waals surface area contributed by atoms with Crippen LogP contribution in [0.5, 0.6) is 0 Å². The summed E-state index contributed by atoms with van der Waals surface area (Å²) in [5.41, 5.74) is 0. The molecule has 1 heterocycles. The number of unbranched alkanes of at least 4 members (excludes halogenated alkanes) is 23. The average molecular weight is 565 g/mol. The average Bonchev–Trinajstić information content (AvgIpc) is 3.35. The van der Waals surface area contributed by atoms with Gasteiger partial charge in [-0.3, -0.25) is 9.59 Å². The monoisotopic (exact) mass is 565 g/mol. The van der Waals surface area contributed by atoms with E-state index in [9.17, 15) is 14.7 Å². The summed E-state index contributed by atoms with van der Waals surface area (Å²) in [5.74, 6) is -0.0531. The van der Waals surface area contributed by atoms with Gasteiger partial charge in [0.05, 0.1) is 6.10 Å². The highest BCUT2D eigenvalue weighted by Gasteiger charge is 2.38. The van der Waals surface area contributed by atoms with Gasteiger partial charge >= 0.3 is 0 Å². The van der Waals surface area contributed by atoms with E-state index < -0.39 is 12.1 Å². The molecule has 1 aliphatic rings. The third-order valence-electron chi connectivity index (χ3n) is 8.73. The number of carbonyl (C=O) groups is 2. The van der Waals surface area contributed by atoms with E-state index in [4.69, 9.17) is 0 Å². The minimum Gasteiger partial charge on any atom is -0.391 e. The summed E-state index contributed by atoms with van der Waals surface area (Å²) in [7, 11) is 0. The number of nitrogens with one attached hydrogen (secondary N) is 1. The Labute approximate surface area is 249 Å². The van der Waals surface area contributed by atoms with Gasteiger partial charge in [0.15, 0.2) is 0 Å². The number of β-amino-alcohol motifs (C(OH)–C–C–N with tert-alkyl or cyclic N) is 1. The van der Waals surface area contributed by atoms with Crippen molar-refractivity contribution in [3.05, 3.63) is 0 Å². The molecule has 0 aromatic carbocycles. The van der Waals surface area contributed by atoms with Crippen molar-refractivity contribution in [3.8, 4) is 0 Å². The fraction of sp³-hybridized carbons (Fsp3) is 0.943. The molecule has 5 heteroatoms. The number of amides is 2. The van der Waals surface area contributed by atoms with E-state index in [0.29, 0.717) is 25.9 Å². The number of aliphatic hydroxyl groups is 1. The van der Waals surface area contributed by atoms with Gasteiger partial charge in [-0.25, -0.2) is 0 Å². The summed E-state index contributed by atoms with van der Waals surface area (Å²) in [6, 6.07) is -0.498. The number of hydrogen-bond acceptors (Lipinski definition) is 3. The predicted molar refractivity (Wildman–Crippen MR) is 171 cm³/mol. The molecule has 236 valence electrons. The molecule has 0 spiro atoms.